The molecule has 2 N–H and O–H groups in total. The molecule has 5 saturated carbocycles. The van der Waals surface area contributed by atoms with Gasteiger partial charge >= 0.3 is 5.97 Å². The average Bonchev–Trinajstić information content (AvgIpc) is 3.61. The highest BCUT2D eigenvalue weighted by Crippen LogP contribution is 2.89. The first-order valence-electron chi connectivity index (χ1n) is 19.3. The number of fused-ring (bicyclic) bond motifs is 4. The number of carbonyl (C=O) groups excluding carboxylic acids is 1. The van der Waals surface area contributed by atoms with Crippen LogP contribution in [-0.4, -0.2) is 102 Å². The van der Waals surface area contributed by atoms with Crippen molar-refractivity contribution in [1.29, 1.82) is 0 Å². The lowest BCUT2D eigenvalue weighted by atomic mass is 9.41. The highest BCUT2D eigenvalue weighted by atomic mass is 16.7. The Morgan fingerprint density at radius 3 is 2.40 bits per heavy atom. The van der Waals surface area contributed by atoms with Crippen molar-refractivity contribution < 1.29 is 38.7 Å². The minimum absolute atomic E-state index is 0.0504. The standard InChI is InChI=1S/C39H63NO8/c1-22-17-25(33(35(5,6)43)46-23(2)41)47-31-30(22)36(7)13-14-39-21-38(39)12-11-28(48-29-18-40(15-16-45-29)24-19-44-20-24)34(3,4)26(38)9-10-27(39)37(36,8)32(31)42/h22,24-33,42-43H,9-21H2,1-8H3/t22-,25?,26?,27?,28+,29+,30+,31?,32-,33+,36-,37-,38-,39?/m1/s1. The molecule has 0 aromatic rings. The van der Waals surface area contributed by atoms with E-state index in [1.165, 1.54) is 32.6 Å². The molecule has 272 valence electrons. The molecule has 0 radical (unpaired) electrons. The third-order valence-electron chi connectivity index (χ3n) is 16.6. The lowest BCUT2D eigenvalue weighted by Crippen LogP contribution is -2.60. The Kier molecular flexibility index (Phi) is 7.93. The summed E-state index contributed by atoms with van der Waals surface area (Å²) >= 11 is 0. The van der Waals surface area contributed by atoms with Gasteiger partial charge in [-0.1, -0.05) is 34.6 Å². The minimum Gasteiger partial charge on any atom is -0.457 e. The lowest BCUT2D eigenvalue weighted by molar-refractivity contribution is -0.256. The van der Waals surface area contributed by atoms with Crippen molar-refractivity contribution in [3.05, 3.63) is 0 Å². The normalized spacial score (nSPS) is 52.1. The smallest absolute Gasteiger partial charge is 0.303 e. The zero-order valence-corrected chi connectivity index (χ0v) is 30.8. The van der Waals surface area contributed by atoms with Crippen molar-refractivity contribution in [2.45, 2.75) is 155 Å². The first kappa shape index (κ1) is 34.3. The Balaban J connectivity index is 1.03. The van der Waals surface area contributed by atoms with Gasteiger partial charge in [0, 0.05) is 18.9 Å². The van der Waals surface area contributed by atoms with Crippen LogP contribution in [0.2, 0.25) is 0 Å². The Morgan fingerprint density at radius 2 is 1.73 bits per heavy atom. The van der Waals surface area contributed by atoms with E-state index in [0.717, 1.165) is 52.2 Å². The van der Waals surface area contributed by atoms with Crippen LogP contribution in [0.4, 0.5) is 0 Å². The van der Waals surface area contributed by atoms with Crippen molar-refractivity contribution in [1.82, 2.24) is 4.90 Å². The molecule has 3 saturated heterocycles. The summed E-state index contributed by atoms with van der Waals surface area (Å²) in [5, 5.41) is 23.6. The molecule has 5 unspecified atom stereocenters. The molecular formula is C39H63NO8. The number of hydrogen-bond donors (Lipinski definition) is 2. The van der Waals surface area contributed by atoms with Crippen LogP contribution in [0.3, 0.4) is 0 Å². The van der Waals surface area contributed by atoms with E-state index in [1.807, 2.05) is 0 Å². The molecule has 8 aliphatic rings. The SMILES string of the molecule is CC(=O)O[C@@H](C1C[C@@H](C)[C@H]2C(O1)[C@@H](O)[C@@]1(C)C3CCC4C(C)(C)[C@@H](O[C@H]5CN(C6COC6)CCO5)CC[C@@]45CC35CC[C@]21C)C(C)(C)O. The first-order valence-corrected chi connectivity index (χ1v) is 19.3. The third kappa shape index (κ3) is 4.55. The van der Waals surface area contributed by atoms with Crippen molar-refractivity contribution >= 4 is 5.97 Å². The van der Waals surface area contributed by atoms with Gasteiger partial charge in [-0.2, -0.15) is 0 Å². The molecule has 0 bridgehead atoms. The van der Waals surface area contributed by atoms with Gasteiger partial charge in [-0.3, -0.25) is 9.69 Å². The fourth-order valence-corrected chi connectivity index (χ4v) is 14.3. The Hall–Kier alpha value is -0.810. The summed E-state index contributed by atoms with van der Waals surface area (Å²) in [6.45, 7) is 21.0. The maximum atomic E-state index is 12.6. The molecule has 3 heterocycles. The quantitative estimate of drug-likeness (QED) is 0.379. The summed E-state index contributed by atoms with van der Waals surface area (Å²) in [6.07, 6.45) is 6.76. The maximum absolute atomic E-state index is 12.6. The molecule has 0 aromatic heterocycles. The summed E-state index contributed by atoms with van der Waals surface area (Å²) in [4.78, 5) is 14.6. The molecule has 0 aromatic carbocycles. The van der Waals surface area contributed by atoms with Gasteiger partial charge in [-0.25, -0.2) is 0 Å². The second kappa shape index (κ2) is 11.1. The van der Waals surface area contributed by atoms with E-state index in [9.17, 15) is 15.0 Å². The van der Waals surface area contributed by atoms with E-state index in [1.54, 1.807) is 13.8 Å². The minimum atomic E-state index is -1.25. The van der Waals surface area contributed by atoms with Gasteiger partial charge in [0.25, 0.3) is 0 Å². The van der Waals surface area contributed by atoms with Gasteiger partial charge in [0.2, 0.25) is 0 Å². The second-order valence-electron chi connectivity index (χ2n) is 19.3. The van der Waals surface area contributed by atoms with E-state index in [-0.39, 0.29) is 52.0 Å². The zero-order chi connectivity index (χ0) is 34.2. The van der Waals surface area contributed by atoms with Crippen molar-refractivity contribution in [2.24, 2.45) is 50.7 Å². The maximum Gasteiger partial charge on any atom is 0.303 e. The summed E-state index contributed by atoms with van der Waals surface area (Å²) in [6, 6.07) is 0.508. The van der Waals surface area contributed by atoms with Crippen LogP contribution in [0, 0.1) is 50.7 Å². The highest BCUT2D eigenvalue weighted by molar-refractivity contribution is 5.66. The third-order valence-corrected chi connectivity index (χ3v) is 16.6. The number of aliphatic hydroxyl groups is 2. The van der Waals surface area contributed by atoms with Crippen LogP contribution in [-0.2, 0) is 28.5 Å². The zero-order valence-electron chi connectivity index (χ0n) is 30.8. The second-order valence-corrected chi connectivity index (χ2v) is 19.3. The average molecular weight is 674 g/mol. The van der Waals surface area contributed by atoms with Crippen LogP contribution in [0.25, 0.3) is 0 Å². The largest absolute Gasteiger partial charge is 0.457 e. The number of ether oxygens (including phenoxy) is 5. The van der Waals surface area contributed by atoms with E-state index < -0.39 is 29.9 Å². The number of esters is 1. The van der Waals surface area contributed by atoms with Crippen molar-refractivity contribution in [3.8, 4) is 0 Å². The molecule has 5 aliphatic carbocycles. The predicted octanol–water partition coefficient (Wildman–Crippen LogP) is 4.94. The van der Waals surface area contributed by atoms with Crippen LogP contribution < -0.4 is 0 Å². The predicted molar refractivity (Wildman–Crippen MR) is 179 cm³/mol. The van der Waals surface area contributed by atoms with Gasteiger partial charge in [0.1, 0.15) is 0 Å². The number of aliphatic hydroxyl groups excluding tert-OH is 1. The van der Waals surface area contributed by atoms with E-state index in [0.29, 0.717) is 29.7 Å². The van der Waals surface area contributed by atoms with E-state index >= 15 is 0 Å². The summed E-state index contributed by atoms with van der Waals surface area (Å²) in [7, 11) is 0. The molecule has 14 atom stereocenters. The van der Waals surface area contributed by atoms with Crippen LogP contribution in [0.15, 0.2) is 0 Å². The Bertz CT molecular complexity index is 1280. The fourth-order valence-electron chi connectivity index (χ4n) is 14.3. The van der Waals surface area contributed by atoms with Crippen molar-refractivity contribution in [3.63, 3.8) is 0 Å². The molecule has 9 nitrogen and oxygen atoms in total. The molecule has 8 fully saturated rings. The van der Waals surface area contributed by atoms with E-state index in [2.05, 4.69) is 39.5 Å². The topological polar surface area (TPSA) is 107 Å². The first-order chi connectivity index (χ1) is 22.5. The van der Waals surface area contributed by atoms with Crippen LogP contribution in [0.5, 0.6) is 0 Å². The van der Waals surface area contributed by atoms with Gasteiger partial charge < -0.3 is 33.9 Å². The number of rotatable bonds is 6. The number of nitrogens with zero attached hydrogens (tertiary/aromatic N) is 1. The van der Waals surface area contributed by atoms with Gasteiger partial charge in [-0.15, -0.1) is 0 Å². The Labute approximate surface area is 288 Å². The lowest BCUT2D eigenvalue weighted by Gasteiger charge is -2.64. The summed E-state index contributed by atoms with van der Waals surface area (Å²) in [5.41, 5.74) is -0.943. The number of carbonyl (C=O) groups is 1. The van der Waals surface area contributed by atoms with Gasteiger partial charge in [0.05, 0.1) is 62.4 Å². The van der Waals surface area contributed by atoms with E-state index in [4.69, 9.17) is 23.7 Å². The van der Waals surface area contributed by atoms with Crippen LogP contribution in [0.1, 0.15) is 107 Å². The van der Waals surface area contributed by atoms with Crippen molar-refractivity contribution in [2.75, 3.05) is 32.9 Å². The Morgan fingerprint density at radius 1 is 1.02 bits per heavy atom. The van der Waals surface area contributed by atoms with Gasteiger partial charge in [0.15, 0.2) is 12.4 Å². The van der Waals surface area contributed by atoms with Crippen LogP contribution >= 0.6 is 0 Å². The number of morpholine rings is 1. The fraction of sp³-hybridized carbons (Fsp3) is 0.974. The molecule has 48 heavy (non-hydrogen) atoms. The molecule has 2 spiro atoms. The highest BCUT2D eigenvalue weighted by Gasteiger charge is 2.84. The summed E-state index contributed by atoms with van der Waals surface area (Å²) in [5.74, 6) is 1.12. The molecular weight excluding hydrogens is 610 g/mol. The number of hydrogen-bond acceptors (Lipinski definition) is 9. The summed E-state index contributed by atoms with van der Waals surface area (Å²) < 4.78 is 31.1. The molecule has 8 rings (SSSR count). The monoisotopic (exact) mass is 673 g/mol. The molecule has 3 aliphatic heterocycles. The van der Waals surface area contributed by atoms with Gasteiger partial charge in [-0.05, 0) is 111 Å². The molecule has 0 amide bonds. The molecule has 9 heteroatoms.